The van der Waals surface area contributed by atoms with Crippen LogP contribution in [0, 0.1) is 18.8 Å². The van der Waals surface area contributed by atoms with Crippen molar-refractivity contribution in [3.63, 3.8) is 0 Å². The molecular formula is C26H28N8O2. The van der Waals surface area contributed by atoms with Crippen LogP contribution < -0.4 is 5.73 Å². The molecular weight excluding hydrogens is 456 g/mol. The highest BCUT2D eigenvalue weighted by Gasteiger charge is 2.36. The van der Waals surface area contributed by atoms with E-state index in [0.717, 1.165) is 28.8 Å². The van der Waals surface area contributed by atoms with Crippen molar-refractivity contribution in [3.8, 4) is 11.8 Å². The minimum atomic E-state index is -0.106. The van der Waals surface area contributed by atoms with Gasteiger partial charge in [-0.15, -0.1) is 0 Å². The molecule has 0 aliphatic carbocycles. The Morgan fingerprint density at radius 2 is 2.17 bits per heavy atom. The third kappa shape index (κ3) is 4.07. The smallest absolute Gasteiger partial charge is 0.246 e. The molecule has 0 saturated carbocycles. The van der Waals surface area contributed by atoms with Crippen molar-refractivity contribution in [1.29, 1.82) is 0 Å². The predicted octanol–water partition coefficient (Wildman–Crippen LogP) is 2.37. The Balaban J connectivity index is 1.53. The molecule has 4 aromatic rings. The molecule has 1 aliphatic rings. The second-order valence-corrected chi connectivity index (χ2v) is 8.94. The second-order valence-electron chi connectivity index (χ2n) is 8.94. The SMILES string of the molecule is C=CC(=O)N1CC(n2nc(C#Cc3ccc4nc(C)n(C)c4c3)c3c(N)ncnc32)C[C@@H]1CCOC. The summed E-state index contributed by atoms with van der Waals surface area (Å²) >= 11 is 0. The van der Waals surface area contributed by atoms with Crippen molar-refractivity contribution >= 4 is 33.8 Å². The number of carbonyl (C=O) groups excluding carboxylic acids is 1. The lowest BCUT2D eigenvalue weighted by molar-refractivity contribution is -0.127. The standard InChI is InChI=1S/C26H28N8O2/c1-5-23(35)33-14-19(13-18(33)10-11-36-4)34-26-24(25(27)28-15-29-26)21(31-34)9-7-17-6-8-20-22(12-17)32(3)16(2)30-20/h5-6,8,12,15,18-19H,1,10-11,13-14H2,2-4H3,(H2,27,28,29)/t18-,19?/m0/s1. The van der Waals surface area contributed by atoms with Crippen LogP contribution in [0.1, 0.15) is 36.0 Å². The van der Waals surface area contributed by atoms with Crippen LogP contribution in [0.25, 0.3) is 22.1 Å². The van der Waals surface area contributed by atoms with Crippen LogP contribution in [0.2, 0.25) is 0 Å². The van der Waals surface area contributed by atoms with E-state index in [9.17, 15) is 4.79 Å². The number of rotatable bonds is 5. The number of anilines is 1. The van der Waals surface area contributed by atoms with Gasteiger partial charge in [0.25, 0.3) is 0 Å². The van der Waals surface area contributed by atoms with Gasteiger partial charge >= 0.3 is 0 Å². The minimum Gasteiger partial charge on any atom is -0.385 e. The Kier molecular flexibility index (Phi) is 6.16. The lowest BCUT2D eigenvalue weighted by atomic mass is 10.1. The number of hydrogen-bond acceptors (Lipinski definition) is 7. The third-order valence-electron chi connectivity index (χ3n) is 6.80. The molecule has 0 spiro atoms. The summed E-state index contributed by atoms with van der Waals surface area (Å²) in [6.45, 7) is 6.68. The van der Waals surface area contributed by atoms with Crippen molar-refractivity contribution in [3.05, 3.63) is 54.3 Å². The van der Waals surface area contributed by atoms with E-state index in [-0.39, 0.29) is 18.0 Å². The highest BCUT2D eigenvalue weighted by Crippen LogP contribution is 2.33. The summed E-state index contributed by atoms with van der Waals surface area (Å²) in [7, 11) is 3.64. The number of imidazole rings is 1. The quantitative estimate of drug-likeness (QED) is 0.341. The number of nitrogens with zero attached hydrogens (tertiary/aromatic N) is 7. The molecule has 5 rings (SSSR count). The van der Waals surface area contributed by atoms with Crippen LogP contribution >= 0.6 is 0 Å². The lowest BCUT2D eigenvalue weighted by Crippen LogP contribution is -2.35. The highest BCUT2D eigenvalue weighted by atomic mass is 16.5. The lowest BCUT2D eigenvalue weighted by Gasteiger charge is -2.22. The zero-order chi connectivity index (χ0) is 25.4. The fourth-order valence-corrected chi connectivity index (χ4v) is 4.84. The first-order chi connectivity index (χ1) is 17.4. The number of amides is 1. The number of benzene rings is 1. The summed E-state index contributed by atoms with van der Waals surface area (Å²) in [5.74, 6) is 7.55. The van der Waals surface area contributed by atoms with E-state index in [0.29, 0.717) is 42.1 Å². The molecule has 10 nitrogen and oxygen atoms in total. The maximum atomic E-state index is 12.5. The zero-order valence-electron chi connectivity index (χ0n) is 20.6. The number of carbonyl (C=O) groups is 1. The van der Waals surface area contributed by atoms with E-state index in [4.69, 9.17) is 15.6 Å². The molecule has 1 aliphatic heterocycles. The summed E-state index contributed by atoms with van der Waals surface area (Å²) < 4.78 is 9.13. The number of nitrogen functional groups attached to an aromatic ring is 1. The van der Waals surface area contributed by atoms with Gasteiger partial charge in [0.2, 0.25) is 5.91 Å². The zero-order valence-corrected chi connectivity index (χ0v) is 20.6. The van der Waals surface area contributed by atoms with Crippen LogP contribution in [0.3, 0.4) is 0 Å². The van der Waals surface area contributed by atoms with Gasteiger partial charge in [-0.25, -0.2) is 19.6 Å². The molecule has 4 heterocycles. The molecule has 1 fully saturated rings. The molecule has 184 valence electrons. The average Bonchev–Trinajstić information content (AvgIpc) is 3.55. The van der Waals surface area contributed by atoms with E-state index < -0.39 is 0 Å². The number of ether oxygens (including phenoxy) is 1. The summed E-state index contributed by atoms with van der Waals surface area (Å²) in [5, 5.41) is 5.43. The van der Waals surface area contributed by atoms with Gasteiger partial charge in [0.05, 0.1) is 22.5 Å². The van der Waals surface area contributed by atoms with Crippen LogP contribution in [-0.2, 0) is 16.6 Å². The van der Waals surface area contributed by atoms with Crippen molar-refractivity contribution in [2.75, 3.05) is 26.0 Å². The number of hydrogen-bond donors (Lipinski definition) is 1. The summed E-state index contributed by atoms with van der Waals surface area (Å²) in [6, 6.07) is 5.85. The molecule has 10 heteroatoms. The van der Waals surface area contributed by atoms with Crippen molar-refractivity contribution < 1.29 is 9.53 Å². The molecule has 1 aromatic carbocycles. The number of fused-ring (bicyclic) bond motifs is 2. The molecule has 2 atom stereocenters. The first kappa shape index (κ1) is 23.5. The minimum absolute atomic E-state index is 0.0162. The van der Waals surface area contributed by atoms with E-state index in [1.807, 2.05) is 46.3 Å². The highest BCUT2D eigenvalue weighted by molar-refractivity contribution is 5.91. The summed E-state index contributed by atoms with van der Waals surface area (Å²) in [6.07, 6.45) is 4.22. The fraction of sp³-hybridized carbons (Fsp3) is 0.346. The van der Waals surface area contributed by atoms with E-state index >= 15 is 0 Å². The largest absolute Gasteiger partial charge is 0.385 e. The van der Waals surface area contributed by atoms with Crippen LogP contribution in [0.15, 0.2) is 37.2 Å². The summed E-state index contributed by atoms with van der Waals surface area (Å²) in [5.41, 5.74) is 10.1. The second kappa shape index (κ2) is 9.43. The predicted molar refractivity (Wildman–Crippen MR) is 137 cm³/mol. The first-order valence-electron chi connectivity index (χ1n) is 11.8. The third-order valence-corrected chi connectivity index (χ3v) is 6.80. The molecule has 3 aromatic heterocycles. The van der Waals surface area contributed by atoms with Crippen molar-refractivity contribution in [2.45, 2.75) is 31.8 Å². The number of aromatic nitrogens is 6. The number of likely N-dealkylation sites (tertiary alicyclic amines) is 1. The molecule has 0 radical (unpaired) electrons. The van der Waals surface area contributed by atoms with E-state index in [2.05, 4.69) is 33.4 Å². The molecule has 36 heavy (non-hydrogen) atoms. The Labute approximate surface area is 208 Å². The maximum Gasteiger partial charge on any atom is 0.246 e. The van der Waals surface area contributed by atoms with Crippen molar-refractivity contribution in [2.24, 2.45) is 7.05 Å². The van der Waals surface area contributed by atoms with Gasteiger partial charge in [-0.05, 0) is 50.0 Å². The van der Waals surface area contributed by atoms with E-state index in [1.165, 1.54) is 12.4 Å². The molecule has 1 saturated heterocycles. The summed E-state index contributed by atoms with van der Waals surface area (Å²) in [4.78, 5) is 27.5. The fourth-order valence-electron chi connectivity index (χ4n) is 4.84. The molecule has 1 amide bonds. The van der Waals surface area contributed by atoms with Gasteiger partial charge < -0.3 is 19.9 Å². The van der Waals surface area contributed by atoms with Gasteiger partial charge in [0.15, 0.2) is 5.65 Å². The van der Waals surface area contributed by atoms with Gasteiger partial charge in [-0.3, -0.25) is 4.79 Å². The number of nitrogens with two attached hydrogens (primary N) is 1. The first-order valence-corrected chi connectivity index (χ1v) is 11.8. The molecule has 0 bridgehead atoms. The normalized spacial score (nSPS) is 17.5. The monoisotopic (exact) mass is 484 g/mol. The maximum absolute atomic E-state index is 12.5. The van der Waals surface area contributed by atoms with Gasteiger partial charge in [0, 0.05) is 38.9 Å². The van der Waals surface area contributed by atoms with Crippen LogP contribution in [0.4, 0.5) is 5.82 Å². The van der Waals surface area contributed by atoms with Gasteiger partial charge in [-0.1, -0.05) is 12.5 Å². The number of aryl methyl sites for hydroxylation is 2. The Morgan fingerprint density at radius 3 is 2.94 bits per heavy atom. The van der Waals surface area contributed by atoms with Crippen LogP contribution in [-0.4, -0.2) is 66.4 Å². The topological polar surface area (TPSA) is 117 Å². The van der Waals surface area contributed by atoms with E-state index in [1.54, 1.807) is 7.11 Å². The number of methoxy groups -OCH3 is 1. The average molecular weight is 485 g/mol. The van der Waals surface area contributed by atoms with Crippen molar-refractivity contribution in [1.82, 2.24) is 34.2 Å². The molecule has 2 N–H and O–H groups in total. The Bertz CT molecular complexity index is 1540. The molecule has 1 unspecified atom stereocenters. The van der Waals surface area contributed by atoms with Gasteiger partial charge in [-0.2, -0.15) is 5.10 Å². The Hall–Kier alpha value is -4.23. The van der Waals surface area contributed by atoms with Crippen LogP contribution in [0.5, 0.6) is 0 Å². The Morgan fingerprint density at radius 1 is 1.33 bits per heavy atom. The van der Waals surface area contributed by atoms with Gasteiger partial charge in [0.1, 0.15) is 23.7 Å².